The molecule has 1 atom stereocenters. The molecular weight excluding hydrogens is 332 g/mol. The Hall–Kier alpha value is -3.32. The number of H-pyrrole nitrogens is 1. The number of aliphatic hydroxyl groups excluding tert-OH is 1. The third-order valence-electron chi connectivity index (χ3n) is 3.83. The maximum atomic E-state index is 12.4. The van der Waals surface area contributed by atoms with Crippen LogP contribution < -0.4 is 10.9 Å². The number of pyridine rings is 1. The predicted octanol–water partition coefficient (Wildman–Crippen LogP) is 1.17. The van der Waals surface area contributed by atoms with Crippen LogP contribution in [-0.2, 0) is 6.42 Å². The standard InChI is InChI=1S/C19H18N4O3/c24-12-14(10-13-6-2-1-3-7-13)22-18(25)15-11-21-17(23-19(15)26)16-8-4-5-9-20-16/h1-9,11,14,24H,10,12H2,(H,22,25)(H,21,23,26)/t14-/m0/s1. The van der Waals surface area contributed by atoms with Gasteiger partial charge in [0.15, 0.2) is 5.82 Å². The minimum atomic E-state index is -0.582. The Morgan fingerprint density at radius 3 is 2.54 bits per heavy atom. The summed E-state index contributed by atoms with van der Waals surface area (Å²) in [7, 11) is 0. The summed E-state index contributed by atoms with van der Waals surface area (Å²) < 4.78 is 0. The summed E-state index contributed by atoms with van der Waals surface area (Å²) in [6, 6.07) is 14.2. The number of rotatable bonds is 6. The average molecular weight is 350 g/mol. The summed E-state index contributed by atoms with van der Waals surface area (Å²) in [6.45, 7) is -0.238. The highest BCUT2D eigenvalue weighted by Crippen LogP contribution is 2.08. The Labute approximate surface area is 149 Å². The van der Waals surface area contributed by atoms with Gasteiger partial charge in [0.05, 0.1) is 12.6 Å². The molecule has 3 aromatic rings. The van der Waals surface area contributed by atoms with Crippen molar-refractivity contribution in [1.29, 1.82) is 0 Å². The smallest absolute Gasteiger partial charge is 0.264 e. The van der Waals surface area contributed by atoms with Gasteiger partial charge in [-0.25, -0.2) is 4.98 Å². The molecule has 2 heterocycles. The van der Waals surface area contributed by atoms with Gasteiger partial charge in [-0.15, -0.1) is 0 Å². The zero-order valence-electron chi connectivity index (χ0n) is 13.9. The number of nitrogens with one attached hydrogen (secondary N) is 2. The summed E-state index contributed by atoms with van der Waals surface area (Å²) >= 11 is 0. The number of aliphatic hydroxyl groups is 1. The number of carbonyl (C=O) groups is 1. The lowest BCUT2D eigenvalue weighted by atomic mass is 10.1. The van der Waals surface area contributed by atoms with Gasteiger partial charge in [-0.2, -0.15) is 0 Å². The number of hydrogen-bond acceptors (Lipinski definition) is 5. The lowest BCUT2D eigenvalue weighted by Gasteiger charge is -2.16. The monoisotopic (exact) mass is 350 g/mol. The molecule has 1 amide bonds. The summed E-state index contributed by atoms with van der Waals surface area (Å²) in [5.74, 6) is -0.295. The maximum Gasteiger partial charge on any atom is 0.264 e. The Kier molecular flexibility index (Phi) is 5.50. The molecule has 0 aliphatic carbocycles. The SMILES string of the molecule is O=C(N[C@H](CO)Cc1ccccc1)c1cnc(-c2ccccn2)[nH]c1=O. The number of nitrogens with zero attached hydrogens (tertiary/aromatic N) is 2. The van der Waals surface area contributed by atoms with Gasteiger partial charge in [0.2, 0.25) is 0 Å². The Morgan fingerprint density at radius 1 is 1.12 bits per heavy atom. The van der Waals surface area contributed by atoms with Crippen LogP contribution in [0.3, 0.4) is 0 Å². The average Bonchev–Trinajstić information content (AvgIpc) is 2.68. The molecule has 0 unspecified atom stereocenters. The molecule has 0 radical (unpaired) electrons. The molecule has 0 spiro atoms. The van der Waals surface area contributed by atoms with E-state index in [4.69, 9.17) is 0 Å². The minimum Gasteiger partial charge on any atom is -0.394 e. The lowest BCUT2D eigenvalue weighted by molar-refractivity contribution is 0.0914. The fourth-order valence-corrected chi connectivity index (χ4v) is 2.51. The molecular formula is C19H18N4O3. The molecule has 2 aromatic heterocycles. The van der Waals surface area contributed by atoms with E-state index in [2.05, 4.69) is 20.3 Å². The van der Waals surface area contributed by atoms with Crippen LogP contribution >= 0.6 is 0 Å². The number of aromatic amines is 1. The van der Waals surface area contributed by atoms with Gasteiger partial charge in [0.25, 0.3) is 11.5 Å². The second-order valence-electron chi connectivity index (χ2n) is 5.73. The van der Waals surface area contributed by atoms with Crippen LogP contribution in [0.25, 0.3) is 11.5 Å². The Morgan fingerprint density at radius 2 is 1.88 bits per heavy atom. The van der Waals surface area contributed by atoms with Gasteiger partial charge < -0.3 is 15.4 Å². The van der Waals surface area contributed by atoms with Crippen LogP contribution in [0.5, 0.6) is 0 Å². The van der Waals surface area contributed by atoms with Crippen molar-refractivity contribution in [3.8, 4) is 11.5 Å². The van der Waals surface area contributed by atoms with Gasteiger partial charge in [-0.1, -0.05) is 36.4 Å². The first-order chi connectivity index (χ1) is 12.7. The number of aromatic nitrogens is 3. The lowest BCUT2D eigenvalue weighted by Crippen LogP contribution is -2.41. The first-order valence-corrected chi connectivity index (χ1v) is 8.13. The van der Waals surface area contributed by atoms with Crippen molar-refractivity contribution in [3.05, 3.63) is 82.4 Å². The molecule has 7 nitrogen and oxygen atoms in total. The molecule has 0 fully saturated rings. The third kappa shape index (κ3) is 4.20. The molecule has 132 valence electrons. The molecule has 0 aliphatic rings. The minimum absolute atomic E-state index is 0.115. The van der Waals surface area contributed by atoms with E-state index in [9.17, 15) is 14.7 Å². The summed E-state index contributed by atoms with van der Waals surface area (Å²) in [5, 5.41) is 12.2. The van der Waals surface area contributed by atoms with Gasteiger partial charge in [-0.05, 0) is 24.1 Å². The molecule has 0 saturated heterocycles. The van der Waals surface area contributed by atoms with Gasteiger partial charge in [0, 0.05) is 12.4 Å². The number of carbonyl (C=O) groups excluding carboxylic acids is 1. The Balaban J connectivity index is 1.74. The van der Waals surface area contributed by atoms with Gasteiger partial charge >= 0.3 is 0 Å². The molecule has 0 bridgehead atoms. The topological polar surface area (TPSA) is 108 Å². The normalized spacial score (nSPS) is 11.7. The van der Waals surface area contributed by atoms with E-state index in [1.54, 1.807) is 24.4 Å². The van der Waals surface area contributed by atoms with Crippen molar-refractivity contribution in [2.45, 2.75) is 12.5 Å². The first kappa shape index (κ1) is 17.5. The van der Waals surface area contributed by atoms with Crippen LogP contribution in [0, 0.1) is 0 Å². The highest BCUT2D eigenvalue weighted by atomic mass is 16.3. The largest absolute Gasteiger partial charge is 0.394 e. The molecule has 3 N–H and O–H groups in total. The van der Waals surface area contributed by atoms with E-state index in [-0.39, 0.29) is 18.0 Å². The number of amides is 1. The Bertz CT molecular complexity index is 926. The molecule has 0 saturated carbocycles. The van der Waals surface area contributed by atoms with E-state index in [1.165, 1.54) is 6.20 Å². The van der Waals surface area contributed by atoms with Crippen LogP contribution in [0.1, 0.15) is 15.9 Å². The van der Waals surface area contributed by atoms with Crippen molar-refractivity contribution in [2.75, 3.05) is 6.61 Å². The second kappa shape index (κ2) is 8.17. The van der Waals surface area contributed by atoms with Crippen LogP contribution in [0.4, 0.5) is 0 Å². The quantitative estimate of drug-likeness (QED) is 0.618. The van der Waals surface area contributed by atoms with Crippen molar-refractivity contribution in [3.63, 3.8) is 0 Å². The predicted molar refractivity (Wildman–Crippen MR) is 96.6 cm³/mol. The number of benzene rings is 1. The van der Waals surface area contributed by atoms with Crippen molar-refractivity contribution >= 4 is 5.91 Å². The third-order valence-corrected chi connectivity index (χ3v) is 3.83. The second-order valence-corrected chi connectivity index (χ2v) is 5.73. The highest BCUT2D eigenvalue weighted by molar-refractivity contribution is 5.93. The zero-order valence-corrected chi connectivity index (χ0v) is 13.9. The van der Waals surface area contributed by atoms with E-state index >= 15 is 0 Å². The molecule has 0 aliphatic heterocycles. The maximum absolute atomic E-state index is 12.4. The van der Waals surface area contributed by atoms with E-state index < -0.39 is 17.5 Å². The van der Waals surface area contributed by atoms with Gasteiger partial charge in [-0.3, -0.25) is 14.6 Å². The van der Waals surface area contributed by atoms with Crippen LogP contribution in [0.15, 0.2) is 65.7 Å². The fraction of sp³-hybridized carbons (Fsp3) is 0.158. The highest BCUT2D eigenvalue weighted by Gasteiger charge is 2.17. The molecule has 3 rings (SSSR count). The fourth-order valence-electron chi connectivity index (χ4n) is 2.51. The van der Waals surface area contributed by atoms with Crippen molar-refractivity contribution in [2.24, 2.45) is 0 Å². The van der Waals surface area contributed by atoms with Crippen LogP contribution in [0.2, 0.25) is 0 Å². The summed E-state index contributed by atoms with van der Waals surface area (Å²) in [4.78, 5) is 35.4. The molecule has 7 heteroatoms. The van der Waals surface area contributed by atoms with Crippen molar-refractivity contribution < 1.29 is 9.90 Å². The van der Waals surface area contributed by atoms with E-state index in [0.717, 1.165) is 5.56 Å². The van der Waals surface area contributed by atoms with Gasteiger partial charge in [0.1, 0.15) is 11.3 Å². The van der Waals surface area contributed by atoms with Crippen LogP contribution in [-0.4, -0.2) is 38.6 Å². The first-order valence-electron chi connectivity index (χ1n) is 8.13. The summed E-state index contributed by atoms with van der Waals surface area (Å²) in [5.41, 5.74) is 0.809. The molecule has 1 aromatic carbocycles. The summed E-state index contributed by atoms with van der Waals surface area (Å²) in [6.07, 6.45) is 3.26. The van der Waals surface area contributed by atoms with Crippen molar-refractivity contribution in [1.82, 2.24) is 20.3 Å². The van der Waals surface area contributed by atoms with E-state index in [0.29, 0.717) is 12.1 Å². The van der Waals surface area contributed by atoms with E-state index in [1.807, 2.05) is 30.3 Å². The molecule has 26 heavy (non-hydrogen) atoms. The number of hydrogen-bond donors (Lipinski definition) is 3. The zero-order chi connectivity index (χ0) is 18.4.